The first kappa shape index (κ1) is 22.5. The molecule has 3 aromatic heterocycles. The van der Waals surface area contributed by atoms with Crippen molar-refractivity contribution < 1.29 is 4.79 Å². The maximum Gasteiger partial charge on any atom is 0.252 e. The van der Waals surface area contributed by atoms with Crippen molar-refractivity contribution in [2.24, 2.45) is 0 Å². The molecule has 0 unspecified atom stereocenters. The van der Waals surface area contributed by atoms with Gasteiger partial charge >= 0.3 is 0 Å². The maximum atomic E-state index is 13.0. The summed E-state index contributed by atoms with van der Waals surface area (Å²) < 4.78 is 2.92. The third-order valence-electron chi connectivity index (χ3n) is 4.47. The molecule has 0 aliphatic heterocycles. The molecule has 1 aromatic carbocycles. The van der Waals surface area contributed by atoms with E-state index in [1.54, 1.807) is 34.8 Å². The molecule has 9 heteroatoms. The van der Waals surface area contributed by atoms with Crippen molar-refractivity contribution in [1.82, 2.24) is 14.5 Å². The summed E-state index contributed by atoms with van der Waals surface area (Å²) in [5, 5.41) is 3.32. The zero-order chi connectivity index (χ0) is 20.2. The molecule has 0 saturated carbocycles. The molecule has 0 N–H and O–H groups in total. The van der Waals surface area contributed by atoms with Crippen molar-refractivity contribution in [2.45, 2.75) is 19.9 Å². The first-order valence-electron chi connectivity index (χ1n) is 9.16. The van der Waals surface area contributed by atoms with Crippen molar-refractivity contribution in [3.8, 4) is 0 Å². The molecule has 0 radical (unpaired) electrons. The van der Waals surface area contributed by atoms with Gasteiger partial charge in [-0.05, 0) is 42.5 Å². The Hall–Kier alpha value is -2.19. The quantitative estimate of drug-likeness (QED) is 0.302. The number of carbonyl (C=O) groups is 1. The van der Waals surface area contributed by atoms with Crippen LogP contribution >= 0.6 is 46.7 Å². The first-order chi connectivity index (χ1) is 14.1. The van der Waals surface area contributed by atoms with E-state index in [4.69, 9.17) is 16.6 Å². The Labute approximate surface area is 194 Å². The van der Waals surface area contributed by atoms with Crippen LogP contribution in [0.5, 0.6) is 0 Å². The Kier molecular flexibility index (Phi) is 7.66. The van der Waals surface area contributed by atoms with Gasteiger partial charge in [-0.25, -0.2) is 9.97 Å². The molecular weight excluding hydrogens is 459 g/mol. The van der Waals surface area contributed by atoms with E-state index in [0.29, 0.717) is 16.7 Å². The number of benzene rings is 1. The average Bonchev–Trinajstić information content (AvgIpc) is 3.47. The number of imidazole rings is 1. The van der Waals surface area contributed by atoms with Crippen LogP contribution in [0.15, 0.2) is 54.4 Å². The Bertz CT molecular complexity index is 1100. The highest BCUT2D eigenvalue weighted by Gasteiger charge is 2.19. The summed E-state index contributed by atoms with van der Waals surface area (Å²) in [4.78, 5) is 24.6. The maximum absolute atomic E-state index is 13.0. The van der Waals surface area contributed by atoms with Gasteiger partial charge in [-0.3, -0.25) is 9.69 Å². The smallest absolute Gasteiger partial charge is 0.252 e. The minimum absolute atomic E-state index is 0. The van der Waals surface area contributed by atoms with E-state index in [0.717, 1.165) is 33.6 Å². The number of thiophene rings is 1. The Balaban J connectivity index is 0.00000256. The van der Waals surface area contributed by atoms with Crippen molar-refractivity contribution in [3.05, 3.63) is 69.9 Å². The fraction of sp³-hybridized carbons (Fsp3) is 0.190. The van der Waals surface area contributed by atoms with Crippen molar-refractivity contribution in [2.75, 3.05) is 11.4 Å². The molecule has 1 amide bonds. The van der Waals surface area contributed by atoms with Crippen LogP contribution in [0.1, 0.15) is 16.9 Å². The molecule has 156 valence electrons. The lowest BCUT2D eigenvalue weighted by molar-refractivity contribution is -0.114. The number of nitrogens with zero attached hydrogens (tertiary/aromatic N) is 4. The number of amides is 1. The van der Waals surface area contributed by atoms with Gasteiger partial charge in [0.25, 0.3) is 5.91 Å². The molecule has 0 saturated heterocycles. The molecule has 5 nitrogen and oxygen atoms in total. The molecule has 4 aromatic rings. The monoisotopic (exact) mass is 478 g/mol. The van der Waals surface area contributed by atoms with Crippen LogP contribution in [0.3, 0.4) is 0 Å². The minimum atomic E-state index is -0.0862. The predicted molar refractivity (Wildman–Crippen MR) is 129 cm³/mol. The van der Waals surface area contributed by atoms with Gasteiger partial charge in [0, 0.05) is 36.4 Å². The number of aryl methyl sites for hydroxylation is 2. The van der Waals surface area contributed by atoms with Crippen molar-refractivity contribution in [3.63, 3.8) is 0 Å². The lowest BCUT2D eigenvalue weighted by atomic mass is 10.2. The van der Waals surface area contributed by atoms with E-state index >= 15 is 0 Å². The van der Waals surface area contributed by atoms with Gasteiger partial charge in [-0.15, -0.1) is 23.7 Å². The van der Waals surface area contributed by atoms with Gasteiger partial charge in [0.15, 0.2) is 5.13 Å². The lowest BCUT2D eigenvalue weighted by Gasteiger charge is -2.18. The topological polar surface area (TPSA) is 51.0 Å². The number of rotatable bonds is 7. The van der Waals surface area contributed by atoms with E-state index in [2.05, 4.69) is 4.98 Å². The van der Waals surface area contributed by atoms with Gasteiger partial charge < -0.3 is 4.57 Å². The molecule has 0 aliphatic rings. The minimum Gasteiger partial charge on any atom is -0.337 e. The summed E-state index contributed by atoms with van der Waals surface area (Å²) in [5.74, 6) is -0.0862. The Morgan fingerprint density at radius 3 is 2.90 bits per heavy atom. The Morgan fingerprint density at radius 1 is 1.33 bits per heavy atom. The summed E-state index contributed by atoms with van der Waals surface area (Å²) in [7, 11) is 0. The van der Waals surface area contributed by atoms with Crippen molar-refractivity contribution in [1.29, 1.82) is 0 Å². The highest BCUT2D eigenvalue weighted by atomic mass is 35.5. The second-order valence-electron chi connectivity index (χ2n) is 6.53. The van der Waals surface area contributed by atoms with E-state index in [-0.39, 0.29) is 18.3 Å². The number of hydrogen-bond donors (Lipinski definition) is 0. The summed E-state index contributed by atoms with van der Waals surface area (Å²) in [6.45, 7) is 3.34. The lowest BCUT2D eigenvalue weighted by Crippen LogP contribution is -2.30. The number of carbonyl (C=O) groups excluding carboxylic acids is 1. The van der Waals surface area contributed by atoms with Gasteiger partial charge in [-0.2, -0.15) is 0 Å². The average molecular weight is 479 g/mol. The van der Waals surface area contributed by atoms with Gasteiger partial charge in [0.2, 0.25) is 0 Å². The van der Waals surface area contributed by atoms with Crippen LogP contribution in [0.2, 0.25) is 5.02 Å². The van der Waals surface area contributed by atoms with E-state index in [9.17, 15) is 4.79 Å². The highest BCUT2D eigenvalue weighted by Crippen LogP contribution is 2.35. The number of aromatic nitrogens is 3. The summed E-state index contributed by atoms with van der Waals surface area (Å²) >= 11 is 9.43. The molecule has 0 spiro atoms. The molecular formula is C21H20Cl2N4OS2. The predicted octanol–water partition coefficient (Wildman–Crippen LogP) is 6.07. The molecule has 0 atom stereocenters. The molecule has 0 fully saturated rings. The van der Waals surface area contributed by atoms with Gasteiger partial charge in [-0.1, -0.05) is 35.1 Å². The third kappa shape index (κ3) is 5.10. The van der Waals surface area contributed by atoms with Crippen LogP contribution < -0.4 is 4.90 Å². The first-order valence-corrected chi connectivity index (χ1v) is 11.2. The van der Waals surface area contributed by atoms with Crippen molar-refractivity contribution >= 4 is 74.0 Å². The fourth-order valence-corrected chi connectivity index (χ4v) is 4.93. The van der Waals surface area contributed by atoms with Crippen LogP contribution in [0, 0.1) is 6.92 Å². The number of anilines is 1. The molecule has 0 bridgehead atoms. The number of halogens is 2. The van der Waals surface area contributed by atoms with Crippen LogP contribution in [-0.2, 0) is 11.3 Å². The third-order valence-corrected chi connectivity index (χ3v) is 6.85. The number of hydrogen-bond acceptors (Lipinski definition) is 5. The number of thiazole rings is 1. The van der Waals surface area contributed by atoms with E-state index in [1.165, 1.54) is 11.3 Å². The zero-order valence-corrected chi connectivity index (χ0v) is 19.4. The zero-order valence-electron chi connectivity index (χ0n) is 16.2. The highest BCUT2D eigenvalue weighted by molar-refractivity contribution is 7.23. The summed E-state index contributed by atoms with van der Waals surface area (Å²) in [6, 6.07) is 7.79. The summed E-state index contributed by atoms with van der Waals surface area (Å²) in [6.07, 6.45) is 9.71. The number of fused-ring (bicyclic) bond motifs is 1. The second-order valence-corrected chi connectivity index (χ2v) is 8.90. The van der Waals surface area contributed by atoms with E-state index in [1.807, 2.05) is 53.4 Å². The molecule has 0 aliphatic carbocycles. The molecule has 30 heavy (non-hydrogen) atoms. The van der Waals surface area contributed by atoms with E-state index < -0.39 is 0 Å². The van der Waals surface area contributed by atoms with Crippen LogP contribution in [-0.4, -0.2) is 27.0 Å². The van der Waals surface area contributed by atoms with Crippen LogP contribution in [0.4, 0.5) is 5.13 Å². The van der Waals surface area contributed by atoms with Crippen LogP contribution in [0.25, 0.3) is 16.3 Å². The summed E-state index contributed by atoms with van der Waals surface area (Å²) in [5.41, 5.74) is 1.90. The van der Waals surface area contributed by atoms with Gasteiger partial charge in [0.1, 0.15) is 0 Å². The standard InChI is InChI=1S/C21H19ClN4OS2.ClH/c1-15-5-7-17(22)20-19(15)24-21(29-20)26(11-3-10-25-12-9-23-14-25)18(27)8-6-16-4-2-13-28-16;/h2,4-9,12-14H,3,10-11H2,1H3;1H. The fourth-order valence-electron chi connectivity index (χ4n) is 2.97. The molecule has 3 heterocycles. The Morgan fingerprint density at radius 2 is 2.20 bits per heavy atom. The largest absolute Gasteiger partial charge is 0.337 e. The van der Waals surface area contributed by atoms with Gasteiger partial charge in [0.05, 0.1) is 21.6 Å². The SMILES string of the molecule is Cc1ccc(Cl)c2sc(N(CCCn3ccnc3)C(=O)C=Cc3cccs3)nc12.Cl. The molecule has 4 rings (SSSR count). The second kappa shape index (κ2) is 10.2. The normalized spacial score (nSPS) is 11.1.